The van der Waals surface area contributed by atoms with Gasteiger partial charge in [-0.1, -0.05) is 19.1 Å². The second-order valence-electron chi connectivity index (χ2n) is 6.03. The van der Waals surface area contributed by atoms with E-state index in [1.807, 2.05) is 31.2 Å². The number of aromatic nitrogens is 2. The molecule has 7 heteroatoms. The van der Waals surface area contributed by atoms with Gasteiger partial charge in [0.25, 0.3) is 5.91 Å². The van der Waals surface area contributed by atoms with E-state index in [0.717, 1.165) is 17.0 Å². The molecule has 1 aliphatic rings. The molecule has 0 atom stereocenters. The number of aryl methyl sites for hydroxylation is 1. The van der Waals surface area contributed by atoms with Gasteiger partial charge < -0.3 is 19.5 Å². The van der Waals surface area contributed by atoms with Crippen molar-refractivity contribution in [2.24, 2.45) is 0 Å². The van der Waals surface area contributed by atoms with E-state index < -0.39 is 0 Å². The lowest BCUT2D eigenvalue weighted by atomic mass is 10.1. The normalized spacial score (nSPS) is 12.1. The summed E-state index contributed by atoms with van der Waals surface area (Å²) in [5.74, 6) is 1.69. The maximum atomic E-state index is 12.8. The summed E-state index contributed by atoms with van der Waals surface area (Å²) in [4.78, 5) is 12.8. The molecule has 2 N–H and O–H groups in total. The number of benzene rings is 2. The quantitative estimate of drug-likeness (QED) is 0.721. The number of rotatable bonds is 5. The average Bonchev–Trinajstić information content (AvgIpc) is 3.33. The minimum Gasteiger partial charge on any atom is -0.497 e. The first-order valence-electron chi connectivity index (χ1n) is 8.62. The largest absolute Gasteiger partial charge is 0.497 e. The molecule has 2 heterocycles. The van der Waals surface area contributed by atoms with Crippen LogP contribution >= 0.6 is 0 Å². The highest BCUT2D eigenvalue weighted by molar-refractivity contribution is 6.06. The van der Waals surface area contributed by atoms with Gasteiger partial charge in [-0.15, -0.1) is 0 Å². The molecule has 0 bridgehead atoms. The molecule has 1 amide bonds. The topological polar surface area (TPSA) is 85.5 Å². The zero-order valence-electron chi connectivity index (χ0n) is 15.0. The summed E-state index contributed by atoms with van der Waals surface area (Å²) in [5, 5.41) is 10.4. The highest BCUT2D eigenvalue weighted by Crippen LogP contribution is 2.34. The number of ether oxygens (including phenoxy) is 3. The van der Waals surface area contributed by atoms with Crippen molar-refractivity contribution in [2.45, 2.75) is 13.3 Å². The molecule has 1 aromatic heterocycles. The minimum atomic E-state index is -0.242. The summed E-state index contributed by atoms with van der Waals surface area (Å²) >= 11 is 0. The Balaban J connectivity index is 1.67. The number of hydrogen-bond acceptors (Lipinski definition) is 5. The summed E-state index contributed by atoms with van der Waals surface area (Å²) in [7, 11) is 1.61. The third kappa shape index (κ3) is 3.19. The van der Waals surface area contributed by atoms with Crippen molar-refractivity contribution in [3.05, 3.63) is 53.7 Å². The van der Waals surface area contributed by atoms with Crippen molar-refractivity contribution in [3.63, 3.8) is 0 Å². The van der Waals surface area contributed by atoms with Crippen LogP contribution in [0.4, 0.5) is 5.69 Å². The number of methoxy groups -OCH3 is 1. The van der Waals surface area contributed by atoms with Crippen LogP contribution in [0.3, 0.4) is 0 Å². The van der Waals surface area contributed by atoms with Crippen LogP contribution in [-0.2, 0) is 6.42 Å². The Bertz CT molecular complexity index is 997. The number of nitrogens with one attached hydrogen (secondary N) is 2. The zero-order chi connectivity index (χ0) is 18.8. The predicted molar refractivity (Wildman–Crippen MR) is 100 cm³/mol. The molecule has 1 aliphatic heterocycles. The van der Waals surface area contributed by atoms with Crippen LogP contribution in [0, 0.1) is 0 Å². The van der Waals surface area contributed by atoms with Crippen LogP contribution in [0.2, 0.25) is 0 Å². The summed E-state index contributed by atoms with van der Waals surface area (Å²) in [5.41, 5.74) is 3.51. The Labute approximate surface area is 156 Å². The fourth-order valence-electron chi connectivity index (χ4n) is 2.97. The average molecular weight is 365 g/mol. The molecule has 4 rings (SSSR count). The van der Waals surface area contributed by atoms with E-state index in [4.69, 9.17) is 14.2 Å². The predicted octanol–water partition coefficient (Wildman–Crippen LogP) is 3.63. The number of H-pyrrole nitrogens is 1. The summed E-state index contributed by atoms with van der Waals surface area (Å²) in [6, 6.07) is 12.7. The number of aromatic amines is 1. The molecule has 0 saturated heterocycles. The van der Waals surface area contributed by atoms with Crippen molar-refractivity contribution >= 4 is 11.6 Å². The molecule has 0 unspecified atom stereocenters. The number of fused-ring (bicyclic) bond motifs is 1. The van der Waals surface area contributed by atoms with E-state index in [0.29, 0.717) is 34.9 Å². The van der Waals surface area contributed by atoms with Gasteiger partial charge in [-0.3, -0.25) is 9.89 Å². The molecular weight excluding hydrogens is 346 g/mol. The van der Waals surface area contributed by atoms with Gasteiger partial charge in [0.1, 0.15) is 11.4 Å². The number of carbonyl (C=O) groups excluding carboxylic acids is 1. The van der Waals surface area contributed by atoms with Gasteiger partial charge in [-0.25, -0.2) is 0 Å². The van der Waals surface area contributed by atoms with Crippen molar-refractivity contribution in [3.8, 4) is 28.5 Å². The van der Waals surface area contributed by atoms with E-state index in [1.54, 1.807) is 25.3 Å². The molecule has 0 radical (unpaired) electrons. The molecular formula is C20H19N3O4. The molecule has 0 fully saturated rings. The van der Waals surface area contributed by atoms with E-state index in [1.165, 1.54) is 0 Å². The van der Waals surface area contributed by atoms with Crippen molar-refractivity contribution in [2.75, 3.05) is 19.2 Å². The Morgan fingerprint density at radius 2 is 2.07 bits per heavy atom. The summed E-state index contributed by atoms with van der Waals surface area (Å²) in [6.07, 6.45) is 0.702. The van der Waals surface area contributed by atoms with E-state index >= 15 is 0 Å². The Hall–Kier alpha value is -3.48. The Kier molecular flexibility index (Phi) is 4.42. The molecule has 2 aromatic carbocycles. The number of amides is 1. The third-order valence-electron chi connectivity index (χ3n) is 4.41. The highest BCUT2D eigenvalue weighted by Gasteiger charge is 2.20. The van der Waals surface area contributed by atoms with Gasteiger partial charge in [-0.05, 0) is 36.8 Å². The van der Waals surface area contributed by atoms with E-state index in [-0.39, 0.29) is 12.7 Å². The molecule has 3 aromatic rings. The summed E-state index contributed by atoms with van der Waals surface area (Å²) < 4.78 is 15.9. The van der Waals surface area contributed by atoms with Gasteiger partial charge >= 0.3 is 0 Å². The first-order valence-corrected chi connectivity index (χ1v) is 8.62. The molecule has 0 spiro atoms. The minimum absolute atomic E-state index is 0.169. The van der Waals surface area contributed by atoms with Crippen molar-refractivity contribution in [1.82, 2.24) is 10.2 Å². The first-order chi connectivity index (χ1) is 13.2. The van der Waals surface area contributed by atoms with Gasteiger partial charge in [0, 0.05) is 11.1 Å². The van der Waals surface area contributed by atoms with Crippen LogP contribution in [0.15, 0.2) is 42.5 Å². The highest BCUT2D eigenvalue weighted by atomic mass is 16.7. The van der Waals surface area contributed by atoms with Crippen LogP contribution in [0.5, 0.6) is 17.2 Å². The lowest BCUT2D eigenvalue weighted by Crippen LogP contribution is -2.13. The maximum absolute atomic E-state index is 12.8. The van der Waals surface area contributed by atoms with Gasteiger partial charge in [0.05, 0.1) is 18.5 Å². The Morgan fingerprint density at radius 1 is 1.22 bits per heavy atom. The molecule has 0 saturated carbocycles. The third-order valence-corrected chi connectivity index (χ3v) is 4.41. The number of anilines is 1. The lowest BCUT2D eigenvalue weighted by Gasteiger charge is -2.09. The molecule has 0 aliphatic carbocycles. The molecule has 7 nitrogen and oxygen atoms in total. The molecule has 27 heavy (non-hydrogen) atoms. The van der Waals surface area contributed by atoms with Gasteiger partial charge in [0.2, 0.25) is 6.79 Å². The van der Waals surface area contributed by atoms with Crippen molar-refractivity contribution in [1.29, 1.82) is 0 Å². The number of carbonyl (C=O) groups is 1. The zero-order valence-corrected chi connectivity index (χ0v) is 15.0. The maximum Gasteiger partial charge on any atom is 0.255 e. The lowest BCUT2D eigenvalue weighted by molar-refractivity contribution is 0.102. The van der Waals surface area contributed by atoms with E-state index in [2.05, 4.69) is 15.5 Å². The van der Waals surface area contributed by atoms with Crippen LogP contribution in [0.25, 0.3) is 11.3 Å². The number of hydrogen-bond donors (Lipinski definition) is 2. The SMILES string of the molecule is CCc1[nH]nc(-c2cccc(OC)c2)c1NC(=O)c1ccc2c(c1)OCO2. The van der Waals surface area contributed by atoms with Gasteiger partial charge in [-0.2, -0.15) is 5.10 Å². The van der Waals surface area contributed by atoms with Crippen LogP contribution in [-0.4, -0.2) is 30.0 Å². The monoisotopic (exact) mass is 365 g/mol. The van der Waals surface area contributed by atoms with Crippen LogP contribution in [0.1, 0.15) is 23.0 Å². The fraction of sp³-hybridized carbons (Fsp3) is 0.200. The second-order valence-corrected chi connectivity index (χ2v) is 6.03. The van der Waals surface area contributed by atoms with E-state index in [9.17, 15) is 4.79 Å². The standard InChI is InChI=1S/C20H19N3O4/c1-3-15-19(18(23-22-15)12-5-4-6-14(9-12)25-2)21-20(24)13-7-8-16-17(10-13)27-11-26-16/h4-10H,3,11H2,1-2H3,(H,21,24)(H,22,23). The summed E-state index contributed by atoms with van der Waals surface area (Å²) in [6.45, 7) is 2.17. The van der Waals surface area contributed by atoms with Crippen molar-refractivity contribution < 1.29 is 19.0 Å². The number of nitrogens with zero attached hydrogens (tertiary/aromatic N) is 1. The first kappa shape index (κ1) is 17.0. The van der Waals surface area contributed by atoms with Gasteiger partial charge in [0.15, 0.2) is 11.5 Å². The Morgan fingerprint density at radius 3 is 2.89 bits per heavy atom. The second kappa shape index (κ2) is 7.03. The smallest absolute Gasteiger partial charge is 0.255 e. The fourth-order valence-corrected chi connectivity index (χ4v) is 2.97. The molecule has 138 valence electrons. The van der Waals surface area contributed by atoms with Crippen LogP contribution < -0.4 is 19.5 Å².